The van der Waals surface area contributed by atoms with Crippen LogP contribution in [0.25, 0.3) is 0 Å². The highest BCUT2D eigenvalue weighted by molar-refractivity contribution is 4.95. The molecule has 0 aromatic heterocycles. The number of rotatable bonds is 3. The summed E-state index contributed by atoms with van der Waals surface area (Å²) < 4.78 is 11.4. The van der Waals surface area contributed by atoms with Gasteiger partial charge in [-0.1, -0.05) is 6.92 Å². The number of nitrogens with two attached hydrogens (primary N) is 1. The number of hydrogen-bond donors (Lipinski definition) is 1. The Kier molecular flexibility index (Phi) is 3.65. The van der Waals surface area contributed by atoms with Gasteiger partial charge in [0.2, 0.25) is 0 Å². The average molecular weight is 213 g/mol. The Labute approximate surface area is 92.3 Å². The summed E-state index contributed by atoms with van der Waals surface area (Å²) in [6.45, 7) is 2.33. The van der Waals surface area contributed by atoms with E-state index in [2.05, 4.69) is 6.92 Å². The largest absolute Gasteiger partial charge is 0.377 e. The normalized spacial score (nSPS) is 46.2. The van der Waals surface area contributed by atoms with Gasteiger partial charge in [0.15, 0.2) is 0 Å². The second kappa shape index (κ2) is 4.81. The Hall–Kier alpha value is -0.120. The number of ether oxygens (including phenoxy) is 2. The van der Waals surface area contributed by atoms with Crippen LogP contribution in [-0.4, -0.2) is 31.5 Å². The molecule has 0 aliphatic heterocycles. The maximum atomic E-state index is 6.04. The van der Waals surface area contributed by atoms with Crippen LogP contribution in [0.4, 0.5) is 0 Å². The van der Waals surface area contributed by atoms with Crippen LogP contribution in [0.15, 0.2) is 0 Å². The van der Waals surface area contributed by atoms with Crippen LogP contribution in [-0.2, 0) is 9.47 Å². The van der Waals surface area contributed by atoms with Crippen LogP contribution >= 0.6 is 0 Å². The van der Waals surface area contributed by atoms with E-state index >= 15 is 0 Å². The molecule has 2 N–H and O–H groups in total. The van der Waals surface area contributed by atoms with Gasteiger partial charge in [-0.05, 0) is 38.0 Å². The lowest BCUT2D eigenvalue weighted by molar-refractivity contribution is -0.157. The molecule has 3 heteroatoms. The maximum Gasteiger partial charge on any atom is 0.0984 e. The van der Waals surface area contributed by atoms with Crippen molar-refractivity contribution in [2.24, 2.45) is 11.7 Å². The second-order valence-electron chi connectivity index (χ2n) is 5.16. The number of methoxy groups -OCH3 is 1. The molecular formula is C12H23NO2. The Morgan fingerprint density at radius 2 is 1.80 bits per heavy atom. The quantitative estimate of drug-likeness (QED) is 0.776. The van der Waals surface area contributed by atoms with Gasteiger partial charge in [0.05, 0.1) is 18.3 Å². The van der Waals surface area contributed by atoms with Gasteiger partial charge in [0.25, 0.3) is 0 Å². The Bertz CT molecular complexity index is 202. The predicted molar refractivity (Wildman–Crippen MR) is 59.7 cm³/mol. The lowest BCUT2D eigenvalue weighted by Gasteiger charge is -2.43. The van der Waals surface area contributed by atoms with E-state index in [1.165, 1.54) is 25.7 Å². The fourth-order valence-electron chi connectivity index (χ4n) is 2.69. The van der Waals surface area contributed by atoms with Crippen molar-refractivity contribution in [2.75, 3.05) is 7.11 Å². The van der Waals surface area contributed by atoms with Crippen molar-refractivity contribution in [1.82, 2.24) is 0 Å². The fraction of sp³-hybridized carbons (Fsp3) is 1.00. The van der Waals surface area contributed by atoms with Crippen molar-refractivity contribution in [3.8, 4) is 0 Å². The van der Waals surface area contributed by atoms with Crippen molar-refractivity contribution in [1.29, 1.82) is 0 Å². The van der Waals surface area contributed by atoms with E-state index in [1.54, 1.807) is 7.11 Å². The SMILES string of the molecule is COC1C(N)CC1OC1CCC(C)CC1. The summed E-state index contributed by atoms with van der Waals surface area (Å²) in [4.78, 5) is 0. The monoisotopic (exact) mass is 213 g/mol. The topological polar surface area (TPSA) is 44.5 Å². The summed E-state index contributed by atoms with van der Waals surface area (Å²) in [5.41, 5.74) is 5.85. The first-order chi connectivity index (χ1) is 7.20. The summed E-state index contributed by atoms with van der Waals surface area (Å²) >= 11 is 0. The van der Waals surface area contributed by atoms with Gasteiger partial charge in [-0.25, -0.2) is 0 Å². The molecule has 0 aromatic rings. The summed E-state index contributed by atoms with van der Waals surface area (Å²) in [7, 11) is 1.73. The third-order valence-corrected chi connectivity index (χ3v) is 3.90. The summed E-state index contributed by atoms with van der Waals surface area (Å²) in [6, 6.07) is 0.183. The second-order valence-corrected chi connectivity index (χ2v) is 5.16. The lowest BCUT2D eigenvalue weighted by atomic mass is 9.84. The summed E-state index contributed by atoms with van der Waals surface area (Å²) in [6.07, 6.45) is 6.84. The van der Waals surface area contributed by atoms with Crippen LogP contribution in [0.1, 0.15) is 39.0 Å². The van der Waals surface area contributed by atoms with Gasteiger partial charge in [-0.15, -0.1) is 0 Å². The van der Waals surface area contributed by atoms with E-state index in [0.717, 1.165) is 12.3 Å². The molecule has 0 heterocycles. The van der Waals surface area contributed by atoms with E-state index in [-0.39, 0.29) is 18.2 Å². The molecule has 0 radical (unpaired) electrons. The van der Waals surface area contributed by atoms with Crippen molar-refractivity contribution in [3.05, 3.63) is 0 Å². The smallest absolute Gasteiger partial charge is 0.0984 e. The van der Waals surface area contributed by atoms with Crippen molar-refractivity contribution >= 4 is 0 Å². The van der Waals surface area contributed by atoms with Gasteiger partial charge in [-0.3, -0.25) is 0 Å². The first-order valence-electron chi connectivity index (χ1n) is 6.14. The molecule has 3 unspecified atom stereocenters. The van der Waals surface area contributed by atoms with Crippen LogP contribution in [0.3, 0.4) is 0 Å². The maximum absolute atomic E-state index is 6.04. The zero-order chi connectivity index (χ0) is 10.8. The highest BCUT2D eigenvalue weighted by Crippen LogP contribution is 2.31. The first-order valence-corrected chi connectivity index (χ1v) is 6.14. The van der Waals surface area contributed by atoms with E-state index in [0.29, 0.717) is 6.10 Å². The molecule has 0 spiro atoms. The van der Waals surface area contributed by atoms with Crippen molar-refractivity contribution in [3.63, 3.8) is 0 Å². The molecule has 0 bridgehead atoms. The molecule has 15 heavy (non-hydrogen) atoms. The fourth-order valence-corrected chi connectivity index (χ4v) is 2.69. The van der Waals surface area contributed by atoms with E-state index in [1.807, 2.05) is 0 Å². The standard InChI is InChI=1S/C12H23NO2/c1-8-3-5-9(6-4-8)15-11-7-10(13)12(11)14-2/h8-12H,3-7,13H2,1-2H3. The molecule has 0 saturated heterocycles. The minimum Gasteiger partial charge on any atom is -0.377 e. The van der Waals surface area contributed by atoms with E-state index in [9.17, 15) is 0 Å². The van der Waals surface area contributed by atoms with Crippen LogP contribution in [0.2, 0.25) is 0 Å². The van der Waals surface area contributed by atoms with Crippen LogP contribution in [0, 0.1) is 5.92 Å². The molecule has 2 aliphatic carbocycles. The predicted octanol–water partition coefficient (Wildman–Crippen LogP) is 1.70. The molecule has 2 saturated carbocycles. The van der Waals surface area contributed by atoms with Gasteiger partial charge < -0.3 is 15.2 Å². The summed E-state index contributed by atoms with van der Waals surface area (Å²) in [5, 5.41) is 0. The molecule has 2 rings (SSSR count). The molecular weight excluding hydrogens is 190 g/mol. The highest BCUT2D eigenvalue weighted by Gasteiger charge is 2.41. The zero-order valence-electron chi connectivity index (χ0n) is 9.82. The van der Waals surface area contributed by atoms with Gasteiger partial charge in [0.1, 0.15) is 0 Å². The third-order valence-electron chi connectivity index (χ3n) is 3.90. The Morgan fingerprint density at radius 1 is 1.13 bits per heavy atom. The van der Waals surface area contributed by atoms with Crippen LogP contribution in [0.5, 0.6) is 0 Å². The minimum atomic E-state index is 0.129. The van der Waals surface area contributed by atoms with Crippen molar-refractivity contribution in [2.45, 2.75) is 63.4 Å². The molecule has 2 aliphatic rings. The average Bonchev–Trinajstić information content (AvgIpc) is 2.21. The molecule has 88 valence electrons. The molecule has 3 nitrogen and oxygen atoms in total. The van der Waals surface area contributed by atoms with Crippen molar-refractivity contribution < 1.29 is 9.47 Å². The zero-order valence-corrected chi connectivity index (χ0v) is 9.82. The highest BCUT2D eigenvalue weighted by atomic mass is 16.5. The van der Waals surface area contributed by atoms with Gasteiger partial charge >= 0.3 is 0 Å². The Morgan fingerprint density at radius 3 is 2.33 bits per heavy atom. The number of hydrogen-bond acceptors (Lipinski definition) is 3. The van der Waals surface area contributed by atoms with Gasteiger partial charge in [-0.2, -0.15) is 0 Å². The minimum absolute atomic E-state index is 0.129. The van der Waals surface area contributed by atoms with Crippen LogP contribution < -0.4 is 5.73 Å². The molecule has 3 atom stereocenters. The van der Waals surface area contributed by atoms with E-state index < -0.39 is 0 Å². The summed E-state index contributed by atoms with van der Waals surface area (Å²) in [5.74, 6) is 0.881. The molecule has 2 fully saturated rings. The molecule has 0 amide bonds. The Balaban J connectivity index is 1.73. The molecule has 0 aromatic carbocycles. The third kappa shape index (κ3) is 2.52. The lowest BCUT2D eigenvalue weighted by Crippen LogP contribution is -2.58. The van der Waals surface area contributed by atoms with Gasteiger partial charge in [0, 0.05) is 13.2 Å². The first kappa shape index (κ1) is 11.4. The van der Waals surface area contributed by atoms with E-state index in [4.69, 9.17) is 15.2 Å².